The van der Waals surface area contributed by atoms with Crippen LogP contribution in [0.4, 0.5) is 11.4 Å². The molecule has 1 aliphatic heterocycles. The molecular formula is C21H26N2O2. The van der Waals surface area contributed by atoms with Crippen molar-refractivity contribution in [2.75, 3.05) is 36.5 Å². The molecule has 4 heteroatoms. The van der Waals surface area contributed by atoms with Crippen LogP contribution in [0.25, 0.3) is 0 Å². The maximum Gasteiger partial charge on any atom is 0.224 e. The molecule has 1 N–H and O–H groups in total. The number of aryl methyl sites for hydroxylation is 2. The molecule has 2 aromatic carbocycles. The lowest BCUT2D eigenvalue weighted by atomic mass is 10.1. The predicted molar refractivity (Wildman–Crippen MR) is 102 cm³/mol. The normalized spacial score (nSPS) is 14.4. The van der Waals surface area contributed by atoms with Crippen LogP contribution in [0, 0.1) is 0 Å². The van der Waals surface area contributed by atoms with E-state index in [1.165, 1.54) is 16.8 Å². The summed E-state index contributed by atoms with van der Waals surface area (Å²) in [5.41, 5.74) is 4.56. The molecule has 1 amide bonds. The average molecular weight is 338 g/mol. The molecule has 1 aliphatic rings. The van der Waals surface area contributed by atoms with E-state index in [4.69, 9.17) is 4.74 Å². The lowest BCUT2D eigenvalue weighted by molar-refractivity contribution is -0.116. The Kier molecular flexibility index (Phi) is 6.07. The number of carbonyl (C=O) groups is 1. The van der Waals surface area contributed by atoms with Crippen LogP contribution in [0.5, 0.6) is 0 Å². The minimum atomic E-state index is 0.0569. The maximum atomic E-state index is 12.1. The molecule has 0 saturated carbocycles. The first-order valence-corrected chi connectivity index (χ1v) is 9.05. The van der Waals surface area contributed by atoms with Crippen molar-refractivity contribution in [2.24, 2.45) is 0 Å². The fourth-order valence-electron chi connectivity index (χ4n) is 3.00. The van der Waals surface area contributed by atoms with E-state index < -0.39 is 0 Å². The van der Waals surface area contributed by atoms with Gasteiger partial charge in [0, 0.05) is 30.9 Å². The van der Waals surface area contributed by atoms with Gasteiger partial charge < -0.3 is 15.0 Å². The monoisotopic (exact) mass is 338 g/mol. The number of amides is 1. The summed E-state index contributed by atoms with van der Waals surface area (Å²) in [6.07, 6.45) is 2.25. The van der Waals surface area contributed by atoms with Crippen molar-refractivity contribution in [3.05, 3.63) is 59.7 Å². The van der Waals surface area contributed by atoms with Gasteiger partial charge in [0.25, 0.3) is 0 Å². The number of hydrogen-bond donors (Lipinski definition) is 1. The SMILES string of the molecule is CCc1ccc(NC(=O)CCc2ccc(N3CCOCC3)cc2)cc1. The Morgan fingerprint density at radius 1 is 1.00 bits per heavy atom. The quantitative estimate of drug-likeness (QED) is 0.874. The van der Waals surface area contributed by atoms with Gasteiger partial charge in [0.05, 0.1) is 13.2 Å². The van der Waals surface area contributed by atoms with Crippen molar-refractivity contribution < 1.29 is 9.53 Å². The summed E-state index contributed by atoms with van der Waals surface area (Å²) >= 11 is 0. The number of morpholine rings is 1. The molecule has 0 atom stereocenters. The minimum Gasteiger partial charge on any atom is -0.378 e. The van der Waals surface area contributed by atoms with Crippen LogP contribution < -0.4 is 10.2 Å². The van der Waals surface area contributed by atoms with E-state index in [9.17, 15) is 4.79 Å². The first-order chi connectivity index (χ1) is 12.2. The number of nitrogens with zero attached hydrogens (tertiary/aromatic N) is 1. The van der Waals surface area contributed by atoms with E-state index in [1.54, 1.807) is 0 Å². The zero-order valence-corrected chi connectivity index (χ0v) is 14.8. The number of hydrogen-bond acceptors (Lipinski definition) is 3. The zero-order chi connectivity index (χ0) is 17.5. The molecule has 0 aliphatic carbocycles. The van der Waals surface area contributed by atoms with Crippen LogP contribution in [-0.4, -0.2) is 32.2 Å². The van der Waals surface area contributed by atoms with E-state index in [0.717, 1.165) is 44.8 Å². The van der Waals surface area contributed by atoms with Crippen LogP contribution in [-0.2, 0) is 22.4 Å². The van der Waals surface area contributed by atoms with Gasteiger partial charge in [0.1, 0.15) is 0 Å². The molecule has 3 rings (SSSR count). The summed E-state index contributed by atoms with van der Waals surface area (Å²) < 4.78 is 5.39. The summed E-state index contributed by atoms with van der Waals surface area (Å²) in [6.45, 7) is 5.59. The molecule has 0 bridgehead atoms. The molecule has 0 aromatic heterocycles. The molecule has 0 radical (unpaired) electrons. The Balaban J connectivity index is 1.47. The average Bonchev–Trinajstić information content (AvgIpc) is 2.68. The molecular weight excluding hydrogens is 312 g/mol. The lowest BCUT2D eigenvalue weighted by Crippen LogP contribution is -2.36. The predicted octanol–water partition coefficient (Wildman–Crippen LogP) is 3.66. The Bertz CT molecular complexity index is 674. The van der Waals surface area contributed by atoms with Gasteiger partial charge in [-0.25, -0.2) is 0 Å². The van der Waals surface area contributed by atoms with E-state index >= 15 is 0 Å². The molecule has 0 spiro atoms. The van der Waals surface area contributed by atoms with Crippen molar-refractivity contribution >= 4 is 17.3 Å². The molecule has 0 unspecified atom stereocenters. The molecule has 1 saturated heterocycles. The second kappa shape index (κ2) is 8.67. The number of ether oxygens (including phenoxy) is 1. The summed E-state index contributed by atoms with van der Waals surface area (Å²) in [4.78, 5) is 14.5. The van der Waals surface area contributed by atoms with Gasteiger partial charge in [-0.15, -0.1) is 0 Å². The van der Waals surface area contributed by atoms with Crippen LogP contribution in [0.3, 0.4) is 0 Å². The highest BCUT2D eigenvalue weighted by Gasteiger charge is 2.11. The molecule has 132 valence electrons. The third kappa shape index (κ3) is 5.07. The van der Waals surface area contributed by atoms with Gasteiger partial charge >= 0.3 is 0 Å². The second-order valence-corrected chi connectivity index (χ2v) is 6.36. The van der Waals surface area contributed by atoms with Crippen molar-refractivity contribution in [1.82, 2.24) is 0 Å². The Morgan fingerprint density at radius 2 is 1.64 bits per heavy atom. The molecule has 1 heterocycles. The van der Waals surface area contributed by atoms with Gasteiger partial charge in [-0.2, -0.15) is 0 Å². The first-order valence-electron chi connectivity index (χ1n) is 9.05. The van der Waals surface area contributed by atoms with Crippen LogP contribution >= 0.6 is 0 Å². The lowest BCUT2D eigenvalue weighted by Gasteiger charge is -2.28. The molecule has 2 aromatic rings. The number of carbonyl (C=O) groups excluding carboxylic acids is 1. The van der Waals surface area contributed by atoms with Gasteiger partial charge in [-0.3, -0.25) is 4.79 Å². The fraction of sp³-hybridized carbons (Fsp3) is 0.381. The second-order valence-electron chi connectivity index (χ2n) is 6.36. The van der Waals surface area contributed by atoms with Crippen molar-refractivity contribution in [2.45, 2.75) is 26.2 Å². The smallest absolute Gasteiger partial charge is 0.224 e. The number of anilines is 2. The van der Waals surface area contributed by atoms with Gasteiger partial charge in [0.2, 0.25) is 5.91 Å². The molecule has 25 heavy (non-hydrogen) atoms. The van der Waals surface area contributed by atoms with E-state index in [-0.39, 0.29) is 5.91 Å². The summed E-state index contributed by atoms with van der Waals surface area (Å²) in [5.74, 6) is 0.0569. The minimum absolute atomic E-state index is 0.0569. The van der Waals surface area contributed by atoms with Crippen molar-refractivity contribution in [1.29, 1.82) is 0 Å². The van der Waals surface area contributed by atoms with Crippen LogP contribution in [0.1, 0.15) is 24.5 Å². The molecule has 4 nitrogen and oxygen atoms in total. The third-order valence-electron chi connectivity index (χ3n) is 4.60. The summed E-state index contributed by atoms with van der Waals surface area (Å²) in [6, 6.07) is 16.6. The topological polar surface area (TPSA) is 41.6 Å². The Morgan fingerprint density at radius 3 is 2.28 bits per heavy atom. The van der Waals surface area contributed by atoms with E-state index in [2.05, 4.69) is 53.5 Å². The fourth-order valence-corrected chi connectivity index (χ4v) is 3.00. The van der Waals surface area contributed by atoms with Crippen LogP contribution in [0.2, 0.25) is 0 Å². The van der Waals surface area contributed by atoms with E-state index in [0.29, 0.717) is 6.42 Å². The Labute approximate surface area is 149 Å². The standard InChI is InChI=1S/C21H26N2O2/c1-2-17-3-8-19(9-4-17)22-21(24)12-7-18-5-10-20(11-6-18)23-13-15-25-16-14-23/h3-6,8-11H,2,7,12-16H2,1H3,(H,22,24). The highest BCUT2D eigenvalue weighted by atomic mass is 16.5. The van der Waals surface area contributed by atoms with Crippen LogP contribution in [0.15, 0.2) is 48.5 Å². The summed E-state index contributed by atoms with van der Waals surface area (Å²) in [5, 5.41) is 2.97. The Hall–Kier alpha value is -2.33. The zero-order valence-electron chi connectivity index (χ0n) is 14.8. The third-order valence-corrected chi connectivity index (χ3v) is 4.60. The number of benzene rings is 2. The number of rotatable bonds is 6. The highest BCUT2D eigenvalue weighted by Crippen LogP contribution is 2.17. The summed E-state index contributed by atoms with van der Waals surface area (Å²) in [7, 11) is 0. The van der Waals surface area contributed by atoms with Crippen molar-refractivity contribution in [3.8, 4) is 0 Å². The van der Waals surface area contributed by atoms with E-state index in [1.807, 2.05) is 12.1 Å². The largest absolute Gasteiger partial charge is 0.378 e. The number of nitrogens with one attached hydrogen (secondary N) is 1. The highest BCUT2D eigenvalue weighted by molar-refractivity contribution is 5.90. The maximum absolute atomic E-state index is 12.1. The van der Waals surface area contributed by atoms with Crippen molar-refractivity contribution in [3.63, 3.8) is 0 Å². The van der Waals surface area contributed by atoms with Gasteiger partial charge in [0.15, 0.2) is 0 Å². The first kappa shape index (κ1) is 17.5. The van der Waals surface area contributed by atoms with Gasteiger partial charge in [-0.05, 0) is 48.2 Å². The molecule has 1 fully saturated rings. The van der Waals surface area contributed by atoms with Gasteiger partial charge in [-0.1, -0.05) is 31.2 Å².